The van der Waals surface area contributed by atoms with E-state index in [1.807, 2.05) is 0 Å². The van der Waals surface area contributed by atoms with Crippen LogP contribution in [0, 0.1) is 0 Å². The maximum atomic E-state index is 12.5. The van der Waals surface area contributed by atoms with Gasteiger partial charge in [0, 0.05) is 4.47 Å². The van der Waals surface area contributed by atoms with Gasteiger partial charge < -0.3 is 5.73 Å². The number of halogens is 5. The lowest BCUT2D eigenvalue weighted by atomic mass is 10.0. The average molecular weight is 305 g/mol. The van der Waals surface area contributed by atoms with E-state index in [-0.39, 0.29) is 30.9 Å². The SMILES string of the molecule is Cl.NCCc1c(Br)cccc1C(F)(F)F. The Hall–Kier alpha value is -0.260. The minimum Gasteiger partial charge on any atom is -0.330 e. The van der Waals surface area contributed by atoms with Crippen molar-refractivity contribution in [3.05, 3.63) is 33.8 Å². The van der Waals surface area contributed by atoms with Gasteiger partial charge in [0.15, 0.2) is 0 Å². The summed E-state index contributed by atoms with van der Waals surface area (Å²) in [6.07, 6.45) is -4.09. The summed E-state index contributed by atoms with van der Waals surface area (Å²) in [4.78, 5) is 0. The highest BCUT2D eigenvalue weighted by molar-refractivity contribution is 9.10. The van der Waals surface area contributed by atoms with E-state index in [0.29, 0.717) is 4.47 Å². The minimum absolute atomic E-state index is 0. The first-order valence-electron chi connectivity index (χ1n) is 4.01. The molecule has 0 atom stereocenters. The number of nitrogens with two attached hydrogens (primary N) is 1. The fourth-order valence-corrected chi connectivity index (χ4v) is 1.79. The highest BCUT2D eigenvalue weighted by Crippen LogP contribution is 2.35. The molecule has 0 aromatic heterocycles. The number of rotatable bonds is 2. The molecule has 2 N–H and O–H groups in total. The van der Waals surface area contributed by atoms with E-state index in [1.54, 1.807) is 6.07 Å². The summed E-state index contributed by atoms with van der Waals surface area (Å²) in [5.74, 6) is 0. The first kappa shape index (κ1) is 14.7. The lowest BCUT2D eigenvalue weighted by Crippen LogP contribution is -2.13. The third-order valence-electron chi connectivity index (χ3n) is 1.82. The monoisotopic (exact) mass is 303 g/mol. The quantitative estimate of drug-likeness (QED) is 0.890. The second kappa shape index (κ2) is 5.72. The Kier molecular flexibility index (Phi) is 5.62. The lowest BCUT2D eigenvalue weighted by molar-refractivity contribution is -0.138. The molecular formula is C9H10BrClF3N. The Morgan fingerprint density at radius 3 is 2.33 bits per heavy atom. The molecule has 86 valence electrons. The Balaban J connectivity index is 0.00000196. The van der Waals surface area contributed by atoms with Gasteiger partial charge in [-0.05, 0) is 30.7 Å². The van der Waals surface area contributed by atoms with E-state index >= 15 is 0 Å². The molecule has 1 aromatic rings. The van der Waals surface area contributed by atoms with Crippen molar-refractivity contribution in [2.45, 2.75) is 12.6 Å². The molecule has 0 heterocycles. The van der Waals surface area contributed by atoms with E-state index < -0.39 is 11.7 Å². The van der Waals surface area contributed by atoms with Gasteiger partial charge in [0.1, 0.15) is 0 Å². The lowest BCUT2D eigenvalue weighted by Gasteiger charge is -2.13. The summed E-state index contributed by atoms with van der Waals surface area (Å²) in [6, 6.07) is 4.02. The van der Waals surface area contributed by atoms with Crippen LogP contribution in [0.3, 0.4) is 0 Å². The van der Waals surface area contributed by atoms with E-state index in [0.717, 1.165) is 6.07 Å². The van der Waals surface area contributed by atoms with Crippen LogP contribution >= 0.6 is 28.3 Å². The van der Waals surface area contributed by atoms with Gasteiger partial charge in [-0.15, -0.1) is 12.4 Å². The van der Waals surface area contributed by atoms with Gasteiger partial charge in [0.05, 0.1) is 5.56 Å². The molecule has 15 heavy (non-hydrogen) atoms. The second-order valence-corrected chi connectivity index (χ2v) is 3.66. The fraction of sp³-hybridized carbons (Fsp3) is 0.333. The zero-order valence-electron chi connectivity index (χ0n) is 7.64. The number of benzene rings is 1. The van der Waals surface area contributed by atoms with Crippen molar-refractivity contribution in [2.24, 2.45) is 5.73 Å². The first-order valence-corrected chi connectivity index (χ1v) is 4.80. The standard InChI is InChI=1S/C9H9BrF3N.ClH/c10-8-3-1-2-7(9(11,12)13)6(8)4-5-14;/h1-3H,4-5,14H2;1H. The molecule has 0 unspecified atom stereocenters. The molecule has 0 saturated carbocycles. The van der Waals surface area contributed by atoms with Gasteiger partial charge in [-0.1, -0.05) is 22.0 Å². The largest absolute Gasteiger partial charge is 0.416 e. The van der Waals surface area contributed by atoms with Crippen molar-refractivity contribution in [2.75, 3.05) is 6.54 Å². The molecule has 0 aliphatic carbocycles. The van der Waals surface area contributed by atoms with Crippen molar-refractivity contribution in [3.8, 4) is 0 Å². The van der Waals surface area contributed by atoms with E-state index in [4.69, 9.17) is 5.73 Å². The molecule has 0 spiro atoms. The number of alkyl halides is 3. The average Bonchev–Trinajstić information content (AvgIpc) is 2.07. The third-order valence-corrected chi connectivity index (χ3v) is 2.56. The topological polar surface area (TPSA) is 26.0 Å². The molecule has 0 amide bonds. The highest BCUT2D eigenvalue weighted by atomic mass is 79.9. The zero-order valence-corrected chi connectivity index (χ0v) is 10.0. The van der Waals surface area contributed by atoms with Crippen LogP contribution in [-0.4, -0.2) is 6.54 Å². The molecule has 0 aliphatic heterocycles. The predicted octanol–water partition coefficient (Wildman–Crippen LogP) is 3.39. The molecule has 0 aliphatic rings. The Morgan fingerprint density at radius 1 is 1.27 bits per heavy atom. The maximum Gasteiger partial charge on any atom is 0.416 e. The van der Waals surface area contributed by atoms with Crippen molar-refractivity contribution in [1.29, 1.82) is 0 Å². The van der Waals surface area contributed by atoms with Gasteiger partial charge in [0.25, 0.3) is 0 Å². The summed E-state index contributed by atoms with van der Waals surface area (Å²) in [5.41, 5.74) is 4.86. The van der Waals surface area contributed by atoms with Crippen LogP contribution in [0.5, 0.6) is 0 Å². The van der Waals surface area contributed by atoms with Crippen LogP contribution in [0.2, 0.25) is 0 Å². The molecule has 0 fully saturated rings. The summed E-state index contributed by atoms with van der Waals surface area (Å²) in [7, 11) is 0. The van der Waals surface area contributed by atoms with Gasteiger partial charge in [-0.3, -0.25) is 0 Å². The maximum absolute atomic E-state index is 12.5. The fourth-order valence-electron chi connectivity index (χ4n) is 1.22. The summed E-state index contributed by atoms with van der Waals surface area (Å²) < 4.78 is 37.9. The van der Waals surface area contributed by atoms with Crippen LogP contribution < -0.4 is 5.73 Å². The third kappa shape index (κ3) is 3.66. The van der Waals surface area contributed by atoms with Gasteiger partial charge >= 0.3 is 6.18 Å². The second-order valence-electron chi connectivity index (χ2n) is 2.80. The van der Waals surface area contributed by atoms with E-state index in [2.05, 4.69) is 15.9 Å². The molecule has 0 radical (unpaired) electrons. The summed E-state index contributed by atoms with van der Waals surface area (Å²) >= 11 is 3.09. The zero-order chi connectivity index (χ0) is 10.8. The molecule has 1 nitrogen and oxygen atoms in total. The Labute approximate surface area is 100 Å². The van der Waals surface area contributed by atoms with Crippen LogP contribution in [-0.2, 0) is 12.6 Å². The van der Waals surface area contributed by atoms with Crippen molar-refractivity contribution in [3.63, 3.8) is 0 Å². The summed E-state index contributed by atoms with van der Waals surface area (Å²) in [5, 5.41) is 0. The van der Waals surface area contributed by atoms with Crippen molar-refractivity contribution >= 4 is 28.3 Å². The van der Waals surface area contributed by atoms with Crippen molar-refractivity contribution in [1.82, 2.24) is 0 Å². The molecule has 6 heteroatoms. The Bertz CT molecular complexity index is 328. The predicted molar refractivity (Wildman–Crippen MR) is 59.2 cm³/mol. The molecule has 0 bridgehead atoms. The van der Waals surface area contributed by atoms with Crippen LogP contribution in [0.1, 0.15) is 11.1 Å². The van der Waals surface area contributed by atoms with Gasteiger partial charge in [-0.2, -0.15) is 13.2 Å². The Morgan fingerprint density at radius 2 is 1.87 bits per heavy atom. The summed E-state index contributed by atoms with van der Waals surface area (Å²) in [6.45, 7) is 0.200. The molecule has 0 saturated heterocycles. The van der Waals surface area contributed by atoms with Crippen LogP contribution in [0.4, 0.5) is 13.2 Å². The normalized spacial score (nSPS) is 11.0. The van der Waals surface area contributed by atoms with E-state index in [9.17, 15) is 13.2 Å². The van der Waals surface area contributed by atoms with Gasteiger partial charge in [-0.25, -0.2) is 0 Å². The minimum atomic E-state index is -4.31. The van der Waals surface area contributed by atoms with Crippen LogP contribution in [0.15, 0.2) is 22.7 Å². The van der Waals surface area contributed by atoms with E-state index in [1.165, 1.54) is 6.07 Å². The van der Waals surface area contributed by atoms with Gasteiger partial charge in [0.2, 0.25) is 0 Å². The molecule has 1 aromatic carbocycles. The molecule has 1 rings (SSSR count). The van der Waals surface area contributed by atoms with Crippen molar-refractivity contribution < 1.29 is 13.2 Å². The van der Waals surface area contributed by atoms with Crippen LogP contribution in [0.25, 0.3) is 0 Å². The number of hydrogen-bond acceptors (Lipinski definition) is 1. The smallest absolute Gasteiger partial charge is 0.330 e. The number of hydrogen-bond donors (Lipinski definition) is 1. The first-order chi connectivity index (χ1) is 6.46. The highest BCUT2D eigenvalue weighted by Gasteiger charge is 2.33. The molecular weight excluding hydrogens is 294 g/mol.